The van der Waals surface area contributed by atoms with E-state index < -0.39 is 0 Å². The summed E-state index contributed by atoms with van der Waals surface area (Å²) in [6.45, 7) is 3.59. The molecule has 1 aliphatic rings. The smallest absolute Gasteiger partial charge is 0.255 e. The Hall–Kier alpha value is -3.02. The van der Waals surface area contributed by atoms with Gasteiger partial charge in [-0.2, -0.15) is 0 Å². The molecule has 1 saturated heterocycles. The van der Waals surface area contributed by atoms with Crippen LogP contribution in [0.3, 0.4) is 0 Å². The molecule has 3 aromatic rings. The lowest BCUT2D eigenvalue weighted by atomic mass is 9.92. The number of aromatic nitrogens is 4. The highest BCUT2D eigenvalue weighted by atomic mass is 16.2. The van der Waals surface area contributed by atoms with Gasteiger partial charge in [-0.05, 0) is 37.1 Å². The third-order valence-electron chi connectivity index (χ3n) is 5.15. The van der Waals surface area contributed by atoms with Crippen molar-refractivity contribution in [1.82, 2.24) is 24.4 Å². The lowest BCUT2D eigenvalue weighted by Gasteiger charge is -2.32. The number of amides is 1. The van der Waals surface area contributed by atoms with E-state index in [-0.39, 0.29) is 5.91 Å². The molecule has 0 aliphatic carbocycles. The topological polar surface area (TPSA) is 63.9 Å². The zero-order valence-electron chi connectivity index (χ0n) is 15.5. The average Bonchev–Trinajstić information content (AvgIpc) is 3.23. The third kappa shape index (κ3) is 3.60. The minimum atomic E-state index is 0.0641. The van der Waals surface area contributed by atoms with Gasteiger partial charge >= 0.3 is 0 Å². The maximum Gasteiger partial charge on any atom is 0.255 e. The van der Waals surface area contributed by atoms with Gasteiger partial charge in [0.2, 0.25) is 0 Å². The Labute approximate surface area is 158 Å². The number of hydrogen-bond acceptors (Lipinski definition) is 4. The monoisotopic (exact) mass is 361 g/mol. The molecule has 0 spiro atoms. The molecule has 0 saturated carbocycles. The Bertz CT molecular complexity index is 913. The van der Waals surface area contributed by atoms with Gasteiger partial charge in [-0.1, -0.05) is 13.0 Å². The van der Waals surface area contributed by atoms with Crippen LogP contribution in [-0.4, -0.2) is 43.4 Å². The van der Waals surface area contributed by atoms with E-state index in [9.17, 15) is 4.79 Å². The molecule has 1 amide bonds. The van der Waals surface area contributed by atoms with Crippen LogP contribution in [0, 0.1) is 0 Å². The molecule has 27 heavy (non-hydrogen) atoms. The van der Waals surface area contributed by atoms with Gasteiger partial charge in [0, 0.05) is 55.9 Å². The van der Waals surface area contributed by atoms with Crippen molar-refractivity contribution in [1.29, 1.82) is 0 Å². The van der Waals surface area contributed by atoms with Gasteiger partial charge in [-0.25, -0.2) is 9.97 Å². The first-order valence-corrected chi connectivity index (χ1v) is 9.45. The number of nitrogens with zero attached hydrogens (tertiary/aromatic N) is 5. The van der Waals surface area contributed by atoms with Crippen LogP contribution in [0.25, 0.3) is 5.82 Å². The molecule has 4 rings (SSSR count). The zero-order valence-corrected chi connectivity index (χ0v) is 15.5. The predicted molar refractivity (Wildman–Crippen MR) is 103 cm³/mol. The molecule has 0 atom stereocenters. The molecule has 4 heterocycles. The second-order valence-corrected chi connectivity index (χ2v) is 6.80. The molecule has 1 aliphatic heterocycles. The molecule has 0 radical (unpaired) electrons. The predicted octanol–water partition coefficient (Wildman–Crippen LogP) is 3.24. The number of carbonyl (C=O) groups excluding carboxylic acids is 1. The molecule has 0 aromatic carbocycles. The summed E-state index contributed by atoms with van der Waals surface area (Å²) in [7, 11) is 0. The van der Waals surface area contributed by atoms with Gasteiger partial charge in [-0.3, -0.25) is 14.3 Å². The van der Waals surface area contributed by atoms with Crippen LogP contribution in [0.4, 0.5) is 0 Å². The Morgan fingerprint density at radius 3 is 2.74 bits per heavy atom. The summed E-state index contributed by atoms with van der Waals surface area (Å²) in [4.78, 5) is 27.8. The highest BCUT2D eigenvalue weighted by Crippen LogP contribution is 2.28. The first kappa shape index (κ1) is 17.4. The van der Waals surface area contributed by atoms with E-state index in [1.165, 1.54) is 0 Å². The summed E-state index contributed by atoms with van der Waals surface area (Å²) in [6, 6.07) is 9.80. The molecule has 0 N–H and O–H groups in total. The molecule has 6 nitrogen and oxygen atoms in total. The fraction of sp³-hybridized carbons (Fsp3) is 0.333. The molecule has 138 valence electrons. The number of likely N-dealkylation sites (tertiary alicyclic amines) is 1. The lowest BCUT2D eigenvalue weighted by molar-refractivity contribution is 0.0711. The van der Waals surface area contributed by atoms with Crippen molar-refractivity contribution >= 4 is 5.91 Å². The average molecular weight is 361 g/mol. The third-order valence-corrected chi connectivity index (χ3v) is 5.15. The number of imidazole rings is 1. The van der Waals surface area contributed by atoms with Gasteiger partial charge in [0.1, 0.15) is 11.6 Å². The quantitative estimate of drug-likeness (QED) is 0.716. The first-order chi connectivity index (χ1) is 13.3. The Morgan fingerprint density at radius 2 is 2.00 bits per heavy atom. The number of aryl methyl sites for hydroxylation is 1. The van der Waals surface area contributed by atoms with Crippen molar-refractivity contribution in [3.8, 4) is 5.82 Å². The first-order valence-electron chi connectivity index (χ1n) is 9.45. The van der Waals surface area contributed by atoms with Crippen molar-refractivity contribution in [2.24, 2.45) is 0 Å². The Kier molecular flexibility index (Phi) is 4.96. The van der Waals surface area contributed by atoms with E-state index in [0.717, 1.165) is 49.7 Å². The normalized spacial score (nSPS) is 15.1. The number of rotatable bonds is 4. The number of piperidine rings is 1. The maximum absolute atomic E-state index is 12.6. The molecule has 0 unspecified atom stereocenters. The largest absolute Gasteiger partial charge is 0.339 e. The minimum Gasteiger partial charge on any atom is -0.339 e. The molecular formula is C21H23N5O. The molecule has 3 aromatic heterocycles. The zero-order chi connectivity index (χ0) is 18.6. The number of pyridine rings is 2. The van der Waals surface area contributed by atoms with Crippen LogP contribution in [-0.2, 0) is 6.42 Å². The van der Waals surface area contributed by atoms with E-state index in [0.29, 0.717) is 11.5 Å². The number of carbonyl (C=O) groups is 1. The summed E-state index contributed by atoms with van der Waals surface area (Å²) >= 11 is 0. The Morgan fingerprint density at radius 1 is 1.15 bits per heavy atom. The summed E-state index contributed by atoms with van der Waals surface area (Å²) < 4.78 is 2.05. The Balaban J connectivity index is 1.46. The van der Waals surface area contributed by atoms with Crippen LogP contribution in [0.5, 0.6) is 0 Å². The summed E-state index contributed by atoms with van der Waals surface area (Å²) in [5.74, 6) is 2.36. The highest BCUT2D eigenvalue weighted by Gasteiger charge is 2.25. The van der Waals surface area contributed by atoms with Crippen LogP contribution in [0.15, 0.2) is 55.1 Å². The second kappa shape index (κ2) is 7.70. The highest BCUT2D eigenvalue weighted by molar-refractivity contribution is 5.93. The number of hydrogen-bond donors (Lipinski definition) is 0. The summed E-state index contributed by atoms with van der Waals surface area (Å²) in [6.07, 6.45) is 9.81. The van der Waals surface area contributed by atoms with E-state index in [4.69, 9.17) is 4.98 Å². The second-order valence-electron chi connectivity index (χ2n) is 6.80. The van der Waals surface area contributed by atoms with Crippen molar-refractivity contribution < 1.29 is 4.79 Å². The van der Waals surface area contributed by atoms with E-state index >= 15 is 0 Å². The van der Waals surface area contributed by atoms with Crippen molar-refractivity contribution in [3.05, 3.63) is 72.2 Å². The minimum absolute atomic E-state index is 0.0641. The van der Waals surface area contributed by atoms with E-state index in [2.05, 4.69) is 29.0 Å². The van der Waals surface area contributed by atoms with Crippen LogP contribution in [0.2, 0.25) is 0 Å². The lowest BCUT2D eigenvalue weighted by Crippen LogP contribution is -2.38. The van der Waals surface area contributed by atoms with Crippen LogP contribution in [0.1, 0.15) is 47.6 Å². The van der Waals surface area contributed by atoms with Crippen LogP contribution >= 0.6 is 0 Å². The molecule has 6 heteroatoms. The van der Waals surface area contributed by atoms with Crippen molar-refractivity contribution in [2.45, 2.75) is 32.1 Å². The maximum atomic E-state index is 12.6. The molecule has 0 bridgehead atoms. The molecular weight excluding hydrogens is 338 g/mol. The molecule has 1 fully saturated rings. The van der Waals surface area contributed by atoms with Gasteiger partial charge < -0.3 is 4.90 Å². The fourth-order valence-corrected chi connectivity index (χ4v) is 3.66. The van der Waals surface area contributed by atoms with E-state index in [1.54, 1.807) is 18.5 Å². The standard InChI is InChI=1S/C21H23N5O/c1-2-19-23-11-14-26(19)20-7-3-6-18(24-20)16-8-12-25(13-9-16)21(27)17-5-4-10-22-15-17/h3-7,10-11,14-16H,2,8-9,12-13H2,1H3. The van der Waals surface area contributed by atoms with Crippen molar-refractivity contribution in [2.75, 3.05) is 13.1 Å². The SMILES string of the molecule is CCc1nccn1-c1cccc(C2CCN(C(=O)c3cccnc3)CC2)n1. The van der Waals surface area contributed by atoms with Gasteiger partial charge in [0.05, 0.1) is 5.56 Å². The van der Waals surface area contributed by atoms with Gasteiger partial charge in [0.25, 0.3) is 5.91 Å². The van der Waals surface area contributed by atoms with Gasteiger partial charge in [-0.15, -0.1) is 0 Å². The summed E-state index contributed by atoms with van der Waals surface area (Å²) in [5.41, 5.74) is 1.75. The van der Waals surface area contributed by atoms with Crippen molar-refractivity contribution in [3.63, 3.8) is 0 Å². The fourth-order valence-electron chi connectivity index (χ4n) is 3.66. The van der Waals surface area contributed by atoms with Gasteiger partial charge in [0.15, 0.2) is 0 Å². The summed E-state index contributed by atoms with van der Waals surface area (Å²) in [5, 5.41) is 0. The van der Waals surface area contributed by atoms with E-state index in [1.807, 2.05) is 34.0 Å². The van der Waals surface area contributed by atoms with Crippen LogP contribution < -0.4 is 0 Å².